The molecule has 0 saturated carbocycles. The summed E-state index contributed by atoms with van der Waals surface area (Å²) in [6.07, 6.45) is -31.5. The number of hydrogen-bond donors (Lipinski definition) is 1. The van der Waals surface area contributed by atoms with Crippen LogP contribution >= 0.6 is 15.9 Å². The minimum absolute atomic E-state index is 0. The van der Waals surface area contributed by atoms with Gasteiger partial charge < -0.3 is 50.2 Å². The Morgan fingerprint density at radius 1 is 0.586 bits per heavy atom. The molecule has 4 atom stereocenters. The molecular weight excluding hydrogens is 970 g/mol. The van der Waals surface area contributed by atoms with Crippen LogP contribution in [-0.2, 0) is 14.2 Å². The van der Waals surface area contributed by atoms with Gasteiger partial charge in [0.2, 0.25) is 0 Å². The molecule has 4 unspecified atom stereocenters. The van der Waals surface area contributed by atoms with Gasteiger partial charge in [-0.25, -0.2) is 9.59 Å². The van der Waals surface area contributed by atoms with Gasteiger partial charge in [0.25, 0.3) is 12.2 Å². The van der Waals surface area contributed by atoms with Crippen molar-refractivity contribution in [2.75, 3.05) is 65.6 Å². The molecule has 1 N–H and O–H groups in total. The molecule has 0 aromatic rings. The van der Waals surface area contributed by atoms with Crippen molar-refractivity contribution in [1.82, 2.24) is 20.0 Å². The molecule has 5 aliphatic heterocycles. The minimum Gasteiger partial charge on any atom is -0.459 e. The Kier molecular flexibility index (Phi) is 32.2. The summed E-state index contributed by atoms with van der Waals surface area (Å²) >= 11 is 2.69. The van der Waals surface area contributed by atoms with Gasteiger partial charge in [0.15, 0.2) is 0 Å². The molecule has 330 valence electrons. The van der Waals surface area contributed by atoms with Crippen LogP contribution in [0, 0.1) is 36.6 Å². The standard InChI is InChI=1S/C11H13F6N2O2.C10H12F6N2O2.C4H8O.CH2Br.2BF3.2K/c1-18-2-6-4-19(5-7(6)3-18)9(20)21-8(10(12,13)14)11(15,16)17;11-9(12,13)7(10(14,15)16)20-8(19)18-3-5-1-17-2-6(5)4-18;1-2-4-5-3-1;1-2;2*2-1(3)4;;/h6-8H,1-5H2;5-7,17H,1-4H2;1-4H2;1H2;;;;/q-1;;;-1;;;2*+1. The average Bonchev–Trinajstić information content (AvgIpc) is 3.85. The number of carbonyl (C=O) groups is 2. The summed E-state index contributed by atoms with van der Waals surface area (Å²) in [6.45, 7) is 4.67. The molecule has 58 heavy (non-hydrogen) atoms. The molecule has 5 heterocycles. The van der Waals surface area contributed by atoms with Gasteiger partial charge in [-0.15, -0.1) is 0 Å². The topological polar surface area (TPSA) is 83.6 Å². The first-order chi connectivity index (χ1) is 25.5. The summed E-state index contributed by atoms with van der Waals surface area (Å²) in [6, 6.07) is 0. The number of likely N-dealkylation sites (tertiary alicyclic amines) is 3. The van der Waals surface area contributed by atoms with E-state index >= 15 is 0 Å². The molecule has 0 radical (unpaired) electrons. The van der Waals surface area contributed by atoms with Crippen LogP contribution in [0.25, 0.3) is 0 Å². The molecule has 0 spiro atoms. The molecule has 5 saturated heterocycles. The Morgan fingerprint density at radius 2 is 0.845 bits per heavy atom. The molecular formula is C26H35B2BrF18K2N4O5. The Bertz CT molecular complexity index is 1080. The van der Waals surface area contributed by atoms with E-state index in [1.54, 1.807) is 4.90 Å². The molecule has 32 heteroatoms. The zero-order chi connectivity index (χ0) is 43.8. The van der Waals surface area contributed by atoms with Crippen LogP contribution in [0.3, 0.4) is 0 Å². The van der Waals surface area contributed by atoms with Gasteiger partial charge in [-0.3, -0.25) is 38.8 Å². The van der Waals surface area contributed by atoms with Crippen molar-refractivity contribution < 1.29 is 205 Å². The SMILES string of the molecule is C1CCOC1.FB(F)F.FB(F)F.O=C(OC(C(F)(F)F)C(F)(F)F)N1CC2CNCC2C1.[CH2-]Br.[CH2-]N1CC2CN(C(=O)OC(C(F)(F)F)C(F)(F)F)CC2C1.[K+].[K+]. The molecule has 0 aromatic heterocycles. The van der Waals surface area contributed by atoms with E-state index in [1.165, 1.54) is 12.8 Å². The van der Waals surface area contributed by atoms with Gasteiger partial charge in [-0.05, 0) is 49.6 Å². The number of nitrogens with one attached hydrogen (secondary N) is 1. The number of alkyl halides is 12. The van der Waals surface area contributed by atoms with E-state index in [4.69, 9.17) is 4.74 Å². The predicted molar refractivity (Wildman–Crippen MR) is 164 cm³/mol. The van der Waals surface area contributed by atoms with Crippen molar-refractivity contribution in [3.63, 3.8) is 0 Å². The maximum atomic E-state index is 12.3. The van der Waals surface area contributed by atoms with Crippen LogP contribution in [0.1, 0.15) is 12.8 Å². The van der Waals surface area contributed by atoms with Crippen molar-refractivity contribution in [2.24, 2.45) is 23.7 Å². The molecule has 5 fully saturated rings. The van der Waals surface area contributed by atoms with Crippen LogP contribution in [0.2, 0.25) is 0 Å². The zero-order valence-corrected chi connectivity index (χ0v) is 38.4. The van der Waals surface area contributed by atoms with Gasteiger partial charge >= 0.3 is 155 Å². The van der Waals surface area contributed by atoms with Crippen molar-refractivity contribution >= 4 is 43.2 Å². The number of nitrogens with zero attached hydrogens (tertiary/aromatic N) is 3. The first-order valence-corrected chi connectivity index (χ1v) is 16.8. The fourth-order valence-electron chi connectivity index (χ4n) is 5.74. The summed E-state index contributed by atoms with van der Waals surface area (Å²) in [7, 11) is -3.63. The smallest absolute Gasteiger partial charge is 0.459 e. The normalized spacial score (nSPS) is 22.3. The average molecular weight is 1010 g/mol. The Labute approximate surface area is 415 Å². The number of fused-ring (bicyclic) bond motifs is 2. The molecule has 0 aliphatic carbocycles. The number of halogens is 19. The van der Waals surface area contributed by atoms with E-state index in [2.05, 4.69) is 43.6 Å². The van der Waals surface area contributed by atoms with Crippen LogP contribution < -0.4 is 108 Å². The van der Waals surface area contributed by atoms with Crippen LogP contribution in [0.15, 0.2) is 0 Å². The molecule has 2 amide bonds. The van der Waals surface area contributed by atoms with E-state index in [9.17, 15) is 88.2 Å². The number of amides is 2. The third-order valence-corrected chi connectivity index (χ3v) is 7.92. The van der Waals surface area contributed by atoms with Gasteiger partial charge in [0.1, 0.15) is 0 Å². The van der Waals surface area contributed by atoms with Gasteiger partial charge in [-0.1, -0.05) is 0 Å². The second-order valence-corrected chi connectivity index (χ2v) is 12.1. The zero-order valence-electron chi connectivity index (χ0n) is 30.6. The number of hydrogen-bond acceptors (Lipinski definition) is 7. The largest absolute Gasteiger partial charge is 1.00 e. The molecule has 9 nitrogen and oxygen atoms in total. The van der Waals surface area contributed by atoms with Gasteiger partial charge in [-0.2, -0.15) is 52.7 Å². The maximum Gasteiger partial charge on any atom is 1.00 e. The number of carbonyl (C=O) groups excluding carboxylic acids is 2. The van der Waals surface area contributed by atoms with Crippen LogP contribution in [0.5, 0.6) is 0 Å². The fourth-order valence-corrected chi connectivity index (χ4v) is 5.74. The predicted octanol–water partition coefficient (Wildman–Crippen LogP) is 1.78. The first-order valence-electron chi connectivity index (χ1n) is 15.7. The first kappa shape index (κ1) is 63.3. The number of ether oxygens (including phenoxy) is 3. The summed E-state index contributed by atoms with van der Waals surface area (Å²) in [5.41, 5.74) is 0. The summed E-state index contributed by atoms with van der Waals surface area (Å²) < 4.78 is 218. The Hall–Kier alpha value is 1.04. The van der Waals surface area contributed by atoms with E-state index in [0.29, 0.717) is 26.2 Å². The van der Waals surface area contributed by atoms with Crippen LogP contribution in [0.4, 0.5) is 88.2 Å². The monoisotopic (exact) mass is 1000 g/mol. The van der Waals surface area contributed by atoms with Crippen molar-refractivity contribution in [1.29, 1.82) is 0 Å². The Morgan fingerprint density at radius 3 is 1.07 bits per heavy atom. The van der Waals surface area contributed by atoms with Crippen molar-refractivity contribution in [2.45, 2.75) is 49.8 Å². The molecule has 5 rings (SSSR count). The third-order valence-electron chi connectivity index (χ3n) is 7.92. The molecule has 5 aliphatic rings. The van der Waals surface area contributed by atoms with E-state index in [-0.39, 0.29) is 153 Å². The summed E-state index contributed by atoms with van der Waals surface area (Å²) in [5, 5.41) is 3.03. The second kappa shape index (κ2) is 29.5. The van der Waals surface area contributed by atoms with E-state index < -0.39 is 64.2 Å². The summed E-state index contributed by atoms with van der Waals surface area (Å²) in [5.74, 6) is 3.18. The molecule has 0 aromatic carbocycles. The number of rotatable bonds is 2. The third kappa shape index (κ3) is 25.4. The van der Waals surface area contributed by atoms with Gasteiger partial charge in [0.05, 0.1) is 0 Å². The fraction of sp³-hybridized carbons (Fsp3) is 0.846. The maximum absolute atomic E-state index is 12.3. The van der Waals surface area contributed by atoms with Crippen molar-refractivity contribution in [3.05, 3.63) is 12.9 Å². The minimum atomic E-state index is -5.69. The van der Waals surface area contributed by atoms with E-state index in [0.717, 1.165) is 23.0 Å². The molecule has 0 bridgehead atoms. The van der Waals surface area contributed by atoms with Crippen molar-refractivity contribution in [3.8, 4) is 0 Å². The van der Waals surface area contributed by atoms with Gasteiger partial charge in [0, 0.05) is 52.5 Å². The second-order valence-electron chi connectivity index (χ2n) is 12.1. The van der Waals surface area contributed by atoms with E-state index in [1.807, 2.05) is 0 Å². The quantitative estimate of drug-likeness (QED) is 0.257. The van der Waals surface area contributed by atoms with Crippen LogP contribution in [-0.4, -0.2) is 144 Å². The summed E-state index contributed by atoms with van der Waals surface area (Å²) in [4.78, 5) is 26.6. The Balaban J connectivity index is -0.000000754.